The normalized spacial score (nSPS) is 33.0. The zero-order valence-electron chi connectivity index (χ0n) is 14.1. The number of carbonyl (C=O) groups excluding carboxylic acids is 1. The molecule has 0 aromatic heterocycles. The molecule has 128 valence electrons. The Kier molecular flexibility index (Phi) is 5.78. The highest BCUT2D eigenvalue weighted by atomic mass is 79.9. The van der Waals surface area contributed by atoms with E-state index in [1.165, 1.54) is 0 Å². The minimum absolute atomic E-state index is 0.108. The molecular weight excluding hydrogens is 350 g/mol. The number of carbonyl (C=O) groups is 1. The number of halogens is 1. The van der Waals surface area contributed by atoms with Gasteiger partial charge in [0.25, 0.3) is 0 Å². The molecule has 2 saturated heterocycles. The fourth-order valence-electron chi connectivity index (χ4n) is 2.93. The van der Waals surface area contributed by atoms with E-state index >= 15 is 0 Å². The Balaban J connectivity index is 2.01. The molecule has 0 radical (unpaired) electrons. The van der Waals surface area contributed by atoms with E-state index in [-0.39, 0.29) is 17.8 Å². The predicted molar refractivity (Wildman–Crippen MR) is 88.4 cm³/mol. The van der Waals surface area contributed by atoms with Gasteiger partial charge in [0, 0.05) is 17.8 Å². The number of nitrogens with zero attached hydrogens (tertiary/aromatic N) is 1. The topological polar surface area (TPSA) is 48.0 Å². The van der Waals surface area contributed by atoms with E-state index in [0.29, 0.717) is 24.4 Å². The average Bonchev–Trinajstić information content (AvgIpc) is 2.82. The van der Waals surface area contributed by atoms with Crippen LogP contribution < -0.4 is 0 Å². The van der Waals surface area contributed by atoms with E-state index in [0.717, 1.165) is 26.0 Å². The van der Waals surface area contributed by atoms with Gasteiger partial charge in [0.1, 0.15) is 5.60 Å². The van der Waals surface area contributed by atoms with Crippen molar-refractivity contribution in [2.45, 2.75) is 57.8 Å². The molecule has 5 nitrogen and oxygen atoms in total. The van der Waals surface area contributed by atoms with Gasteiger partial charge in [-0.1, -0.05) is 22.9 Å². The van der Waals surface area contributed by atoms with E-state index in [9.17, 15) is 4.79 Å². The van der Waals surface area contributed by atoms with Crippen LogP contribution in [0.15, 0.2) is 0 Å². The molecule has 2 rings (SSSR count). The summed E-state index contributed by atoms with van der Waals surface area (Å²) in [5.74, 6) is 0.396. The molecule has 3 unspecified atom stereocenters. The summed E-state index contributed by atoms with van der Waals surface area (Å²) in [7, 11) is 0. The minimum Gasteiger partial charge on any atom is -0.444 e. The largest absolute Gasteiger partial charge is 0.444 e. The Morgan fingerprint density at radius 2 is 2.14 bits per heavy atom. The SMILES string of the molecule is CC1COCC1OC1(CBr)CCCN(C(=O)OC(C)(C)C)C1. The molecule has 0 aliphatic carbocycles. The van der Waals surface area contributed by atoms with Gasteiger partial charge in [-0.05, 0) is 33.6 Å². The first kappa shape index (κ1) is 18.0. The molecule has 1 amide bonds. The maximum absolute atomic E-state index is 12.3. The monoisotopic (exact) mass is 377 g/mol. The van der Waals surface area contributed by atoms with Gasteiger partial charge in [0.05, 0.1) is 31.5 Å². The average molecular weight is 378 g/mol. The van der Waals surface area contributed by atoms with Crippen molar-refractivity contribution in [3.8, 4) is 0 Å². The van der Waals surface area contributed by atoms with Gasteiger partial charge in [0.2, 0.25) is 0 Å². The summed E-state index contributed by atoms with van der Waals surface area (Å²) < 4.78 is 17.4. The third-order valence-corrected chi connectivity index (χ3v) is 5.16. The van der Waals surface area contributed by atoms with Crippen LogP contribution in [-0.4, -0.2) is 59.9 Å². The van der Waals surface area contributed by atoms with Gasteiger partial charge >= 0.3 is 6.09 Å². The maximum atomic E-state index is 12.3. The van der Waals surface area contributed by atoms with E-state index in [2.05, 4.69) is 22.9 Å². The van der Waals surface area contributed by atoms with Crippen LogP contribution >= 0.6 is 15.9 Å². The first-order chi connectivity index (χ1) is 10.2. The molecule has 2 fully saturated rings. The van der Waals surface area contributed by atoms with Crippen LogP contribution in [0.2, 0.25) is 0 Å². The molecule has 0 aromatic carbocycles. The second-order valence-corrected chi connectivity index (χ2v) is 8.05. The minimum atomic E-state index is -0.472. The number of ether oxygens (including phenoxy) is 3. The number of rotatable bonds is 3. The smallest absolute Gasteiger partial charge is 0.410 e. The van der Waals surface area contributed by atoms with Crippen LogP contribution in [0.3, 0.4) is 0 Å². The van der Waals surface area contributed by atoms with E-state index in [4.69, 9.17) is 14.2 Å². The fraction of sp³-hybridized carbons (Fsp3) is 0.938. The van der Waals surface area contributed by atoms with Gasteiger partial charge < -0.3 is 19.1 Å². The van der Waals surface area contributed by atoms with E-state index in [1.54, 1.807) is 4.90 Å². The van der Waals surface area contributed by atoms with Crippen LogP contribution in [0.1, 0.15) is 40.5 Å². The molecule has 0 spiro atoms. The zero-order chi connectivity index (χ0) is 16.4. The summed E-state index contributed by atoms with van der Waals surface area (Å²) in [6, 6.07) is 0. The van der Waals surface area contributed by atoms with Gasteiger partial charge in [0.15, 0.2) is 0 Å². The molecule has 0 aromatic rings. The first-order valence-electron chi connectivity index (χ1n) is 8.04. The lowest BCUT2D eigenvalue weighted by Crippen LogP contribution is -2.55. The number of hydrogen-bond donors (Lipinski definition) is 0. The molecule has 6 heteroatoms. The van der Waals surface area contributed by atoms with Crippen molar-refractivity contribution in [1.29, 1.82) is 0 Å². The summed E-state index contributed by atoms with van der Waals surface area (Å²) in [6.45, 7) is 10.5. The summed E-state index contributed by atoms with van der Waals surface area (Å²) in [5, 5.41) is 0.711. The van der Waals surface area contributed by atoms with Crippen molar-refractivity contribution in [1.82, 2.24) is 4.90 Å². The van der Waals surface area contributed by atoms with Crippen molar-refractivity contribution in [2.75, 3.05) is 31.6 Å². The highest BCUT2D eigenvalue weighted by Gasteiger charge is 2.42. The number of piperidine rings is 1. The van der Waals surface area contributed by atoms with Crippen LogP contribution in [-0.2, 0) is 14.2 Å². The molecule has 2 heterocycles. The Morgan fingerprint density at radius 1 is 1.41 bits per heavy atom. The van der Waals surface area contributed by atoms with Crippen molar-refractivity contribution >= 4 is 22.0 Å². The summed E-state index contributed by atoms with van der Waals surface area (Å²) in [6.07, 6.45) is 1.72. The highest BCUT2D eigenvalue weighted by molar-refractivity contribution is 9.09. The number of alkyl halides is 1. The zero-order valence-corrected chi connectivity index (χ0v) is 15.6. The van der Waals surface area contributed by atoms with Crippen LogP contribution in [0.25, 0.3) is 0 Å². The lowest BCUT2D eigenvalue weighted by atomic mass is 9.94. The van der Waals surface area contributed by atoms with Crippen molar-refractivity contribution < 1.29 is 19.0 Å². The first-order valence-corrected chi connectivity index (χ1v) is 9.16. The van der Waals surface area contributed by atoms with Gasteiger partial charge in [-0.3, -0.25) is 0 Å². The standard InChI is InChI=1S/C16H28BrNO4/c1-12-8-20-9-13(12)21-16(10-17)6-5-7-18(11-16)14(19)22-15(2,3)4/h12-13H,5-11H2,1-4H3. The second-order valence-electron chi connectivity index (χ2n) is 7.49. The molecule has 22 heavy (non-hydrogen) atoms. The summed E-state index contributed by atoms with van der Waals surface area (Å²) >= 11 is 3.59. The summed E-state index contributed by atoms with van der Waals surface area (Å²) in [4.78, 5) is 14.1. The van der Waals surface area contributed by atoms with Gasteiger partial charge in [-0.25, -0.2) is 4.79 Å². The Morgan fingerprint density at radius 3 is 2.68 bits per heavy atom. The molecule has 0 saturated carbocycles. The highest BCUT2D eigenvalue weighted by Crippen LogP contribution is 2.32. The van der Waals surface area contributed by atoms with Crippen molar-refractivity contribution in [3.63, 3.8) is 0 Å². The Labute approximate surface area is 141 Å². The lowest BCUT2D eigenvalue weighted by Gasteiger charge is -2.43. The van der Waals surface area contributed by atoms with Gasteiger partial charge in [-0.15, -0.1) is 0 Å². The number of hydrogen-bond acceptors (Lipinski definition) is 4. The molecule has 0 N–H and O–H groups in total. The molecule has 0 bridgehead atoms. The summed E-state index contributed by atoms with van der Waals surface area (Å²) in [5.41, 5.74) is -0.817. The Bertz CT molecular complexity index is 398. The van der Waals surface area contributed by atoms with Crippen molar-refractivity contribution in [3.05, 3.63) is 0 Å². The van der Waals surface area contributed by atoms with Crippen LogP contribution in [0.5, 0.6) is 0 Å². The molecule has 3 atom stereocenters. The third kappa shape index (κ3) is 4.59. The Hall–Kier alpha value is -0.330. The molecule has 2 aliphatic heterocycles. The van der Waals surface area contributed by atoms with Crippen LogP contribution in [0, 0.1) is 5.92 Å². The third-order valence-electron chi connectivity index (χ3n) is 4.13. The number of likely N-dealkylation sites (tertiary alicyclic amines) is 1. The van der Waals surface area contributed by atoms with Gasteiger partial charge in [-0.2, -0.15) is 0 Å². The maximum Gasteiger partial charge on any atom is 0.410 e. The van der Waals surface area contributed by atoms with Crippen LogP contribution in [0.4, 0.5) is 4.79 Å². The van der Waals surface area contributed by atoms with Crippen molar-refractivity contribution in [2.24, 2.45) is 5.92 Å². The molecule has 2 aliphatic rings. The lowest BCUT2D eigenvalue weighted by molar-refractivity contribution is -0.121. The fourth-order valence-corrected chi connectivity index (χ4v) is 3.52. The van der Waals surface area contributed by atoms with E-state index < -0.39 is 5.60 Å². The van der Waals surface area contributed by atoms with E-state index in [1.807, 2.05) is 20.8 Å². The number of amides is 1. The quantitative estimate of drug-likeness (QED) is 0.708. The second kappa shape index (κ2) is 7.05. The molecular formula is C16H28BrNO4. The predicted octanol–water partition coefficient (Wildman–Crippen LogP) is 3.20.